The monoisotopic (exact) mass is 610 g/mol. The Kier molecular flexibility index (Phi) is 6.84. The van der Waals surface area contributed by atoms with Crippen LogP contribution in [0.2, 0.25) is 0 Å². The molecule has 1 aromatic heterocycles. The molecule has 0 bridgehead atoms. The summed E-state index contributed by atoms with van der Waals surface area (Å²) in [6.45, 7) is 0. The highest BCUT2D eigenvalue weighted by Crippen LogP contribution is 2.42. The lowest BCUT2D eigenvalue weighted by atomic mass is 9.90. The van der Waals surface area contributed by atoms with Gasteiger partial charge in [0.25, 0.3) is 0 Å². The molecule has 0 aliphatic rings. The van der Waals surface area contributed by atoms with E-state index in [0.717, 1.165) is 39.2 Å². The Labute approximate surface area is 279 Å². The molecule has 0 saturated heterocycles. The lowest BCUT2D eigenvalue weighted by molar-refractivity contribution is 1.19. The molecule has 9 aromatic rings. The fraction of sp³-hybridized carbons (Fsp3) is 0. The number of fused-ring (bicyclic) bond motifs is 4. The molecule has 0 unspecified atom stereocenters. The van der Waals surface area contributed by atoms with Crippen molar-refractivity contribution in [2.75, 3.05) is 0 Å². The predicted octanol–water partition coefficient (Wildman–Crippen LogP) is 12.3. The van der Waals surface area contributed by atoms with Gasteiger partial charge in [0.2, 0.25) is 0 Å². The summed E-state index contributed by atoms with van der Waals surface area (Å²) in [6, 6.07) is 64.5. The van der Waals surface area contributed by atoms with E-state index in [1.54, 1.807) is 0 Å². The second kappa shape index (κ2) is 11.8. The third-order valence-electron chi connectivity index (χ3n) is 9.27. The minimum Gasteiger partial charge on any atom is -0.228 e. The standard InChI is InChI=1S/C46H30N2/c1-3-13-31(14-4-1)32-23-25-34(26-24-32)38-19-11-12-22-41(38)42-30-43(48-46(47-42)35-16-5-2-6-17-35)45-40-21-10-8-18-36(40)29-37-28-27-33-15-7-9-20-39(33)44(37)45/h1-30H. The number of aromatic nitrogens is 2. The molecule has 1 heterocycles. The zero-order valence-corrected chi connectivity index (χ0v) is 26.2. The van der Waals surface area contributed by atoms with Gasteiger partial charge in [0, 0.05) is 16.7 Å². The Morgan fingerprint density at radius 3 is 1.62 bits per heavy atom. The maximum atomic E-state index is 5.34. The first-order valence-electron chi connectivity index (χ1n) is 16.3. The van der Waals surface area contributed by atoms with E-state index < -0.39 is 0 Å². The maximum Gasteiger partial charge on any atom is 0.160 e. The average Bonchev–Trinajstić information content (AvgIpc) is 3.17. The van der Waals surface area contributed by atoms with Crippen molar-refractivity contribution in [3.05, 3.63) is 182 Å². The van der Waals surface area contributed by atoms with Gasteiger partial charge in [0.05, 0.1) is 11.4 Å². The minimum absolute atomic E-state index is 0.707. The van der Waals surface area contributed by atoms with Gasteiger partial charge in [-0.15, -0.1) is 0 Å². The van der Waals surface area contributed by atoms with Crippen LogP contribution in [0.5, 0.6) is 0 Å². The van der Waals surface area contributed by atoms with E-state index in [4.69, 9.17) is 9.97 Å². The molecular formula is C46H30N2. The summed E-state index contributed by atoms with van der Waals surface area (Å²) in [5, 5.41) is 7.20. The second-order valence-corrected chi connectivity index (χ2v) is 12.2. The van der Waals surface area contributed by atoms with Crippen LogP contribution in [0, 0.1) is 0 Å². The third-order valence-corrected chi connectivity index (χ3v) is 9.27. The van der Waals surface area contributed by atoms with Crippen LogP contribution >= 0.6 is 0 Å². The molecule has 2 heteroatoms. The van der Waals surface area contributed by atoms with Crippen LogP contribution in [-0.4, -0.2) is 9.97 Å². The molecule has 0 amide bonds. The summed E-state index contributed by atoms with van der Waals surface area (Å²) in [4.78, 5) is 10.6. The van der Waals surface area contributed by atoms with Gasteiger partial charge >= 0.3 is 0 Å². The van der Waals surface area contributed by atoms with Gasteiger partial charge in [-0.3, -0.25) is 0 Å². The van der Waals surface area contributed by atoms with Gasteiger partial charge in [-0.05, 0) is 66.7 Å². The number of benzene rings is 8. The SMILES string of the molecule is c1ccc(-c2ccc(-c3ccccc3-c3cc(-c4c5ccccc5cc5ccc6ccccc6c45)nc(-c4ccccc4)n3)cc2)cc1. The topological polar surface area (TPSA) is 25.8 Å². The highest BCUT2D eigenvalue weighted by molar-refractivity contribution is 6.21. The van der Waals surface area contributed by atoms with Crippen LogP contribution < -0.4 is 0 Å². The van der Waals surface area contributed by atoms with Crippen molar-refractivity contribution >= 4 is 32.3 Å². The quantitative estimate of drug-likeness (QED) is 0.143. The fourth-order valence-electron chi connectivity index (χ4n) is 6.97. The Morgan fingerprint density at radius 1 is 0.312 bits per heavy atom. The van der Waals surface area contributed by atoms with Gasteiger partial charge in [0.1, 0.15) is 0 Å². The van der Waals surface area contributed by atoms with E-state index in [9.17, 15) is 0 Å². The zero-order valence-electron chi connectivity index (χ0n) is 26.2. The predicted molar refractivity (Wildman–Crippen MR) is 202 cm³/mol. The van der Waals surface area contributed by atoms with Crippen LogP contribution in [0.15, 0.2) is 182 Å². The van der Waals surface area contributed by atoms with Crippen molar-refractivity contribution in [3.63, 3.8) is 0 Å². The number of nitrogens with zero attached hydrogens (tertiary/aromatic N) is 2. The molecule has 0 N–H and O–H groups in total. The second-order valence-electron chi connectivity index (χ2n) is 12.2. The molecule has 0 aliphatic carbocycles. The summed E-state index contributed by atoms with van der Waals surface area (Å²) in [5.74, 6) is 0.707. The summed E-state index contributed by atoms with van der Waals surface area (Å²) in [7, 11) is 0. The van der Waals surface area contributed by atoms with Gasteiger partial charge < -0.3 is 0 Å². The molecule has 8 aromatic carbocycles. The normalized spacial score (nSPS) is 11.3. The van der Waals surface area contributed by atoms with Crippen molar-refractivity contribution in [2.45, 2.75) is 0 Å². The fourth-order valence-corrected chi connectivity index (χ4v) is 6.97. The molecule has 9 rings (SSSR count). The van der Waals surface area contributed by atoms with Crippen molar-refractivity contribution in [2.24, 2.45) is 0 Å². The van der Waals surface area contributed by atoms with Gasteiger partial charge in [-0.2, -0.15) is 0 Å². The van der Waals surface area contributed by atoms with Crippen LogP contribution in [0.25, 0.3) is 88.5 Å². The number of rotatable bonds is 5. The Hall–Kier alpha value is -6.38. The molecule has 0 atom stereocenters. The number of hydrogen-bond donors (Lipinski definition) is 0. The molecule has 224 valence electrons. The molecule has 0 saturated carbocycles. The molecule has 0 radical (unpaired) electrons. The highest BCUT2D eigenvalue weighted by atomic mass is 14.9. The van der Waals surface area contributed by atoms with Gasteiger partial charge in [0.15, 0.2) is 5.82 Å². The van der Waals surface area contributed by atoms with Crippen LogP contribution in [0.1, 0.15) is 0 Å². The lowest BCUT2D eigenvalue weighted by Gasteiger charge is -2.17. The first kappa shape index (κ1) is 27.9. The van der Waals surface area contributed by atoms with Crippen molar-refractivity contribution in [1.82, 2.24) is 9.97 Å². The molecule has 0 aliphatic heterocycles. The molecule has 0 spiro atoms. The minimum atomic E-state index is 0.707. The smallest absolute Gasteiger partial charge is 0.160 e. The van der Waals surface area contributed by atoms with E-state index in [-0.39, 0.29) is 0 Å². The lowest BCUT2D eigenvalue weighted by Crippen LogP contribution is -1.98. The van der Waals surface area contributed by atoms with Gasteiger partial charge in [-0.25, -0.2) is 9.97 Å². The van der Waals surface area contributed by atoms with Crippen LogP contribution in [0.3, 0.4) is 0 Å². The van der Waals surface area contributed by atoms with Gasteiger partial charge in [-0.1, -0.05) is 170 Å². The largest absolute Gasteiger partial charge is 0.228 e. The van der Waals surface area contributed by atoms with Crippen molar-refractivity contribution < 1.29 is 0 Å². The summed E-state index contributed by atoms with van der Waals surface area (Å²) in [6.07, 6.45) is 0. The molecule has 48 heavy (non-hydrogen) atoms. The van der Waals surface area contributed by atoms with E-state index in [1.165, 1.54) is 43.4 Å². The molecule has 0 fully saturated rings. The third kappa shape index (κ3) is 4.92. The number of hydrogen-bond acceptors (Lipinski definition) is 2. The maximum absolute atomic E-state index is 5.34. The Morgan fingerprint density at radius 2 is 0.854 bits per heavy atom. The summed E-state index contributed by atoms with van der Waals surface area (Å²) in [5.41, 5.74) is 9.67. The van der Waals surface area contributed by atoms with Crippen LogP contribution in [-0.2, 0) is 0 Å². The van der Waals surface area contributed by atoms with E-state index in [0.29, 0.717) is 5.82 Å². The van der Waals surface area contributed by atoms with E-state index in [2.05, 4.69) is 164 Å². The Bertz CT molecular complexity index is 2590. The van der Waals surface area contributed by atoms with Crippen molar-refractivity contribution in [3.8, 4) is 56.2 Å². The first-order chi connectivity index (χ1) is 23.8. The van der Waals surface area contributed by atoms with Crippen LogP contribution in [0.4, 0.5) is 0 Å². The average molecular weight is 611 g/mol. The van der Waals surface area contributed by atoms with E-state index in [1.807, 2.05) is 18.2 Å². The highest BCUT2D eigenvalue weighted by Gasteiger charge is 2.18. The molecular weight excluding hydrogens is 581 g/mol. The first-order valence-corrected chi connectivity index (χ1v) is 16.3. The summed E-state index contributed by atoms with van der Waals surface area (Å²) < 4.78 is 0. The summed E-state index contributed by atoms with van der Waals surface area (Å²) >= 11 is 0. The zero-order chi connectivity index (χ0) is 31.9. The van der Waals surface area contributed by atoms with Crippen molar-refractivity contribution in [1.29, 1.82) is 0 Å². The van der Waals surface area contributed by atoms with E-state index >= 15 is 0 Å². The molecule has 2 nitrogen and oxygen atoms in total. The Balaban J connectivity index is 1.31.